The van der Waals surface area contributed by atoms with Crippen LogP contribution in [0.2, 0.25) is 0 Å². The standard InChI is InChI=1S/C20H26FN3O3/c1-5-22-20(23-12-14-6-8-16(21)9-7-14)24-13-15-10-17(25-2)19(27-4)18(11-15)26-3/h6-11H,5,12-13H2,1-4H3,(H2,22,23,24). The average Bonchev–Trinajstić information content (AvgIpc) is 2.70. The van der Waals surface area contributed by atoms with Gasteiger partial charge in [0, 0.05) is 13.1 Å². The lowest BCUT2D eigenvalue weighted by Gasteiger charge is -2.14. The zero-order valence-corrected chi connectivity index (χ0v) is 16.1. The summed E-state index contributed by atoms with van der Waals surface area (Å²) in [4.78, 5) is 4.59. The van der Waals surface area contributed by atoms with Gasteiger partial charge >= 0.3 is 0 Å². The molecular formula is C20H26FN3O3. The predicted octanol–water partition coefficient (Wildman–Crippen LogP) is 3.11. The molecule has 0 saturated carbocycles. The number of methoxy groups -OCH3 is 3. The third kappa shape index (κ3) is 5.77. The molecule has 2 N–H and O–H groups in total. The van der Waals surface area contributed by atoms with Crippen molar-refractivity contribution >= 4 is 5.96 Å². The van der Waals surface area contributed by atoms with Crippen LogP contribution in [-0.2, 0) is 13.1 Å². The molecule has 0 aliphatic rings. The fourth-order valence-electron chi connectivity index (χ4n) is 2.53. The Balaban J connectivity index is 2.12. The molecule has 0 bridgehead atoms. The number of benzene rings is 2. The van der Waals surface area contributed by atoms with Gasteiger partial charge in [-0.05, 0) is 42.3 Å². The number of hydrogen-bond acceptors (Lipinski definition) is 4. The Kier molecular flexibility index (Phi) is 7.73. The molecule has 0 aromatic heterocycles. The van der Waals surface area contributed by atoms with Crippen LogP contribution in [0.25, 0.3) is 0 Å². The van der Waals surface area contributed by atoms with Gasteiger partial charge in [0.1, 0.15) is 5.82 Å². The van der Waals surface area contributed by atoms with Crippen molar-refractivity contribution in [2.45, 2.75) is 20.0 Å². The molecule has 27 heavy (non-hydrogen) atoms. The van der Waals surface area contributed by atoms with E-state index >= 15 is 0 Å². The maximum Gasteiger partial charge on any atom is 0.203 e. The highest BCUT2D eigenvalue weighted by Crippen LogP contribution is 2.38. The quantitative estimate of drug-likeness (QED) is 0.548. The van der Waals surface area contributed by atoms with Crippen molar-refractivity contribution in [3.63, 3.8) is 0 Å². The van der Waals surface area contributed by atoms with Crippen molar-refractivity contribution < 1.29 is 18.6 Å². The Bertz CT molecular complexity index is 739. The van der Waals surface area contributed by atoms with Gasteiger partial charge in [0.05, 0.1) is 27.9 Å². The summed E-state index contributed by atoms with van der Waals surface area (Å²) in [5, 5.41) is 6.43. The fourth-order valence-corrected chi connectivity index (χ4v) is 2.53. The highest BCUT2D eigenvalue weighted by molar-refractivity contribution is 5.79. The number of aliphatic imine (C=N–C) groups is 1. The largest absolute Gasteiger partial charge is 0.493 e. The lowest BCUT2D eigenvalue weighted by atomic mass is 10.2. The summed E-state index contributed by atoms with van der Waals surface area (Å²) >= 11 is 0. The van der Waals surface area contributed by atoms with Crippen LogP contribution in [0.5, 0.6) is 17.2 Å². The Morgan fingerprint density at radius 1 is 0.926 bits per heavy atom. The number of ether oxygens (including phenoxy) is 3. The second kappa shape index (κ2) is 10.3. The first-order valence-electron chi connectivity index (χ1n) is 8.66. The van der Waals surface area contributed by atoms with Gasteiger partial charge in [-0.3, -0.25) is 0 Å². The molecule has 6 nitrogen and oxygen atoms in total. The minimum Gasteiger partial charge on any atom is -0.493 e. The monoisotopic (exact) mass is 375 g/mol. The second-order valence-corrected chi connectivity index (χ2v) is 5.71. The van der Waals surface area contributed by atoms with Crippen LogP contribution in [0.4, 0.5) is 4.39 Å². The number of nitrogens with one attached hydrogen (secondary N) is 2. The van der Waals surface area contributed by atoms with Crippen molar-refractivity contribution in [3.05, 3.63) is 53.3 Å². The first-order chi connectivity index (χ1) is 13.1. The Hall–Kier alpha value is -2.96. The molecule has 0 fully saturated rings. The molecule has 0 saturated heterocycles. The van der Waals surface area contributed by atoms with E-state index in [1.165, 1.54) is 12.1 Å². The second-order valence-electron chi connectivity index (χ2n) is 5.71. The Morgan fingerprint density at radius 2 is 1.56 bits per heavy atom. The molecular weight excluding hydrogens is 349 g/mol. The van der Waals surface area contributed by atoms with E-state index in [2.05, 4.69) is 15.6 Å². The lowest BCUT2D eigenvalue weighted by Crippen LogP contribution is -2.36. The van der Waals surface area contributed by atoms with Crippen molar-refractivity contribution in [2.24, 2.45) is 4.99 Å². The van der Waals surface area contributed by atoms with Crippen molar-refractivity contribution in [3.8, 4) is 17.2 Å². The summed E-state index contributed by atoms with van der Waals surface area (Å²) in [5.74, 6) is 2.14. The van der Waals surface area contributed by atoms with Gasteiger partial charge in [-0.15, -0.1) is 0 Å². The highest BCUT2D eigenvalue weighted by atomic mass is 19.1. The normalized spacial score (nSPS) is 11.1. The number of hydrogen-bond donors (Lipinski definition) is 2. The van der Waals surface area contributed by atoms with Gasteiger partial charge in [-0.2, -0.15) is 0 Å². The summed E-state index contributed by atoms with van der Waals surface area (Å²) in [7, 11) is 4.73. The smallest absolute Gasteiger partial charge is 0.203 e. The molecule has 0 radical (unpaired) electrons. The van der Waals surface area contributed by atoms with Gasteiger partial charge in [0.15, 0.2) is 17.5 Å². The molecule has 2 rings (SSSR count). The summed E-state index contributed by atoms with van der Waals surface area (Å²) in [5.41, 5.74) is 1.89. The zero-order chi connectivity index (χ0) is 19.6. The Labute approximate surface area is 159 Å². The van der Waals surface area contributed by atoms with Crippen LogP contribution in [0, 0.1) is 5.82 Å². The van der Waals surface area contributed by atoms with E-state index in [0.29, 0.717) is 36.3 Å². The summed E-state index contributed by atoms with van der Waals surface area (Å²) in [6, 6.07) is 10.1. The van der Waals surface area contributed by atoms with Crippen LogP contribution in [-0.4, -0.2) is 33.8 Å². The molecule has 0 unspecified atom stereocenters. The van der Waals surface area contributed by atoms with Gasteiger partial charge in [0.2, 0.25) is 5.75 Å². The zero-order valence-electron chi connectivity index (χ0n) is 16.1. The molecule has 0 atom stereocenters. The van der Waals surface area contributed by atoms with E-state index < -0.39 is 0 Å². The van der Waals surface area contributed by atoms with Gasteiger partial charge < -0.3 is 24.8 Å². The van der Waals surface area contributed by atoms with Gasteiger partial charge in [-0.25, -0.2) is 9.38 Å². The summed E-state index contributed by atoms with van der Waals surface area (Å²) < 4.78 is 29.1. The topological polar surface area (TPSA) is 64.1 Å². The van der Waals surface area contributed by atoms with Crippen LogP contribution in [0.15, 0.2) is 41.4 Å². The highest BCUT2D eigenvalue weighted by Gasteiger charge is 2.13. The SMILES string of the molecule is CCNC(=NCc1cc(OC)c(OC)c(OC)c1)NCc1ccc(F)cc1. The first kappa shape index (κ1) is 20.4. The third-order valence-electron chi connectivity index (χ3n) is 3.86. The van der Waals surface area contributed by atoms with E-state index in [9.17, 15) is 4.39 Å². The van der Waals surface area contributed by atoms with Crippen LogP contribution >= 0.6 is 0 Å². The predicted molar refractivity (Wildman–Crippen MR) is 104 cm³/mol. The van der Waals surface area contributed by atoms with E-state index in [1.807, 2.05) is 19.1 Å². The number of rotatable bonds is 8. The minimum atomic E-state index is -0.248. The van der Waals surface area contributed by atoms with E-state index in [-0.39, 0.29) is 5.82 Å². The molecule has 7 heteroatoms. The van der Waals surface area contributed by atoms with Crippen molar-refractivity contribution in [1.82, 2.24) is 10.6 Å². The molecule has 0 amide bonds. The van der Waals surface area contributed by atoms with Crippen molar-refractivity contribution in [2.75, 3.05) is 27.9 Å². The van der Waals surface area contributed by atoms with E-state index in [0.717, 1.165) is 17.7 Å². The molecule has 0 aliphatic carbocycles. The lowest BCUT2D eigenvalue weighted by molar-refractivity contribution is 0.324. The number of guanidine groups is 1. The van der Waals surface area contributed by atoms with Crippen LogP contribution in [0.3, 0.4) is 0 Å². The van der Waals surface area contributed by atoms with Crippen molar-refractivity contribution in [1.29, 1.82) is 0 Å². The van der Waals surface area contributed by atoms with E-state index in [1.54, 1.807) is 33.5 Å². The third-order valence-corrected chi connectivity index (χ3v) is 3.86. The van der Waals surface area contributed by atoms with Crippen LogP contribution < -0.4 is 24.8 Å². The molecule has 2 aromatic rings. The fraction of sp³-hybridized carbons (Fsp3) is 0.350. The molecule has 0 aliphatic heterocycles. The summed E-state index contributed by atoms with van der Waals surface area (Å²) in [6.45, 7) is 3.69. The number of halogens is 1. The first-order valence-corrected chi connectivity index (χ1v) is 8.66. The molecule has 2 aromatic carbocycles. The molecule has 146 valence electrons. The maximum absolute atomic E-state index is 13.0. The van der Waals surface area contributed by atoms with Gasteiger partial charge in [-0.1, -0.05) is 12.1 Å². The minimum absolute atomic E-state index is 0.248. The molecule has 0 spiro atoms. The maximum atomic E-state index is 13.0. The number of nitrogens with zero attached hydrogens (tertiary/aromatic N) is 1. The van der Waals surface area contributed by atoms with Crippen LogP contribution in [0.1, 0.15) is 18.1 Å². The summed E-state index contributed by atoms with van der Waals surface area (Å²) in [6.07, 6.45) is 0. The van der Waals surface area contributed by atoms with Gasteiger partial charge in [0.25, 0.3) is 0 Å². The molecule has 0 heterocycles. The van der Waals surface area contributed by atoms with E-state index in [4.69, 9.17) is 14.2 Å². The Morgan fingerprint density at radius 3 is 2.07 bits per heavy atom. The average molecular weight is 375 g/mol.